The standard InChI is InChI=1S/C14H14BrClFNS/c1-3-18-13(12-6-8(2)14(16)19-12)10-5-4-9(17)7-11(10)15/h4-7,13,18H,3H2,1-2H3. The van der Waals surface area contributed by atoms with Crippen molar-refractivity contribution < 1.29 is 4.39 Å². The van der Waals surface area contributed by atoms with Crippen molar-refractivity contribution in [2.45, 2.75) is 19.9 Å². The van der Waals surface area contributed by atoms with Crippen LogP contribution in [0.25, 0.3) is 0 Å². The van der Waals surface area contributed by atoms with Crippen LogP contribution >= 0.6 is 38.9 Å². The smallest absolute Gasteiger partial charge is 0.124 e. The molecule has 0 saturated carbocycles. The fraction of sp³-hybridized carbons (Fsp3) is 0.286. The third-order valence-electron chi connectivity index (χ3n) is 2.84. The first-order valence-electron chi connectivity index (χ1n) is 5.97. The molecule has 1 unspecified atom stereocenters. The lowest BCUT2D eigenvalue weighted by atomic mass is 10.0. The number of halogens is 3. The highest BCUT2D eigenvalue weighted by atomic mass is 79.9. The third-order valence-corrected chi connectivity index (χ3v) is 5.15. The number of hydrogen-bond donors (Lipinski definition) is 1. The molecule has 1 aromatic heterocycles. The summed E-state index contributed by atoms with van der Waals surface area (Å²) < 4.78 is 14.8. The zero-order chi connectivity index (χ0) is 14.0. The quantitative estimate of drug-likeness (QED) is 0.777. The Hall–Kier alpha value is -0.420. The Morgan fingerprint density at radius 2 is 2.16 bits per heavy atom. The van der Waals surface area contributed by atoms with Crippen molar-refractivity contribution in [3.8, 4) is 0 Å². The maximum absolute atomic E-state index is 13.2. The minimum absolute atomic E-state index is 0.0242. The van der Waals surface area contributed by atoms with Crippen LogP contribution in [0.2, 0.25) is 4.34 Å². The van der Waals surface area contributed by atoms with Gasteiger partial charge in [0.25, 0.3) is 0 Å². The van der Waals surface area contributed by atoms with Gasteiger partial charge >= 0.3 is 0 Å². The fourth-order valence-corrected chi connectivity index (χ4v) is 3.82. The average Bonchev–Trinajstić information content (AvgIpc) is 2.67. The van der Waals surface area contributed by atoms with E-state index in [1.54, 1.807) is 17.4 Å². The topological polar surface area (TPSA) is 12.0 Å². The van der Waals surface area contributed by atoms with Crippen molar-refractivity contribution in [1.29, 1.82) is 0 Å². The largest absolute Gasteiger partial charge is 0.306 e. The molecular weight excluding hydrogens is 349 g/mol. The minimum atomic E-state index is -0.244. The summed E-state index contributed by atoms with van der Waals surface area (Å²) in [4.78, 5) is 1.14. The summed E-state index contributed by atoms with van der Waals surface area (Å²) in [5.41, 5.74) is 2.09. The van der Waals surface area contributed by atoms with Gasteiger partial charge in [-0.05, 0) is 42.8 Å². The zero-order valence-corrected chi connectivity index (χ0v) is 13.8. The Morgan fingerprint density at radius 3 is 2.68 bits per heavy atom. The summed E-state index contributed by atoms with van der Waals surface area (Å²) in [6.45, 7) is 4.86. The molecule has 1 atom stereocenters. The van der Waals surface area contributed by atoms with Crippen LogP contribution in [0.1, 0.15) is 29.0 Å². The van der Waals surface area contributed by atoms with Gasteiger partial charge in [0.2, 0.25) is 0 Å². The molecule has 0 amide bonds. The van der Waals surface area contributed by atoms with Crippen molar-refractivity contribution >= 4 is 38.9 Å². The molecule has 2 aromatic rings. The van der Waals surface area contributed by atoms with E-state index in [0.717, 1.165) is 31.4 Å². The highest BCUT2D eigenvalue weighted by molar-refractivity contribution is 9.10. The molecule has 0 bridgehead atoms. The zero-order valence-electron chi connectivity index (χ0n) is 10.6. The summed E-state index contributed by atoms with van der Waals surface area (Å²) in [6, 6.07) is 6.87. The van der Waals surface area contributed by atoms with Crippen LogP contribution in [0.4, 0.5) is 4.39 Å². The number of aryl methyl sites for hydroxylation is 1. The molecular formula is C14H14BrClFNS. The van der Waals surface area contributed by atoms with Crippen LogP contribution in [-0.2, 0) is 0 Å². The lowest BCUT2D eigenvalue weighted by Gasteiger charge is -2.18. The first-order valence-corrected chi connectivity index (χ1v) is 7.95. The molecule has 1 nitrogen and oxygen atoms in total. The second-order valence-electron chi connectivity index (χ2n) is 4.26. The number of benzene rings is 1. The molecule has 0 spiro atoms. The molecule has 102 valence electrons. The molecule has 0 fully saturated rings. The van der Waals surface area contributed by atoms with Crippen molar-refractivity contribution in [2.75, 3.05) is 6.54 Å². The van der Waals surface area contributed by atoms with Gasteiger partial charge in [0, 0.05) is 9.35 Å². The Labute approximate surface area is 129 Å². The normalized spacial score (nSPS) is 12.7. The van der Waals surface area contributed by atoms with E-state index in [1.165, 1.54) is 12.1 Å². The van der Waals surface area contributed by atoms with E-state index < -0.39 is 0 Å². The van der Waals surface area contributed by atoms with Gasteiger partial charge < -0.3 is 5.32 Å². The van der Waals surface area contributed by atoms with Crippen LogP contribution in [0.5, 0.6) is 0 Å². The van der Waals surface area contributed by atoms with Gasteiger partial charge in [-0.1, -0.05) is 40.5 Å². The Morgan fingerprint density at radius 1 is 1.42 bits per heavy atom. The third kappa shape index (κ3) is 3.37. The maximum atomic E-state index is 13.2. The van der Waals surface area contributed by atoms with E-state index in [9.17, 15) is 4.39 Å². The number of nitrogens with one attached hydrogen (secondary N) is 1. The van der Waals surface area contributed by atoms with E-state index in [2.05, 4.69) is 27.3 Å². The van der Waals surface area contributed by atoms with Gasteiger partial charge in [-0.15, -0.1) is 11.3 Å². The second kappa shape index (κ2) is 6.35. The predicted molar refractivity (Wildman–Crippen MR) is 83.7 cm³/mol. The highest BCUT2D eigenvalue weighted by Crippen LogP contribution is 2.36. The van der Waals surface area contributed by atoms with Crippen LogP contribution in [-0.4, -0.2) is 6.54 Å². The average molecular weight is 363 g/mol. The summed E-state index contributed by atoms with van der Waals surface area (Å²) in [7, 11) is 0. The first-order chi connectivity index (χ1) is 9.02. The maximum Gasteiger partial charge on any atom is 0.124 e. The molecule has 0 aliphatic heterocycles. The molecule has 1 N–H and O–H groups in total. The van der Waals surface area contributed by atoms with Crippen LogP contribution in [0.15, 0.2) is 28.7 Å². The molecule has 0 aliphatic carbocycles. The van der Waals surface area contributed by atoms with Crippen LogP contribution < -0.4 is 5.32 Å². The molecule has 0 saturated heterocycles. The van der Waals surface area contributed by atoms with Gasteiger partial charge in [-0.3, -0.25) is 0 Å². The summed E-state index contributed by atoms with van der Waals surface area (Å²) in [6.07, 6.45) is 0. The minimum Gasteiger partial charge on any atom is -0.306 e. The van der Waals surface area contributed by atoms with Crippen molar-refractivity contribution in [1.82, 2.24) is 5.32 Å². The Balaban J connectivity index is 2.44. The first kappa shape index (κ1) is 15.0. The van der Waals surface area contributed by atoms with E-state index in [1.807, 2.05) is 13.8 Å². The van der Waals surface area contributed by atoms with E-state index in [4.69, 9.17) is 11.6 Å². The van der Waals surface area contributed by atoms with Crippen molar-refractivity contribution in [3.63, 3.8) is 0 Å². The molecule has 1 heterocycles. The Kier molecular flexibility index (Phi) is 5.01. The van der Waals surface area contributed by atoms with Crippen molar-refractivity contribution in [3.05, 3.63) is 54.9 Å². The van der Waals surface area contributed by atoms with Gasteiger partial charge in [-0.2, -0.15) is 0 Å². The number of hydrogen-bond acceptors (Lipinski definition) is 2. The Bertz CT molecular complexity index is 565. The fourth-order valence-electron chi connectivity index (χ4n) is 1.93. The second-order valence-corrected chi connectivity index (χ2v) is 6.80. The lowest BCUT2D eigenvalue weighted by molar-refractivity contribution is 0.614. The molecule has 0 radical (unpaired) electrons. The molecule has 2 rings (SSSR count). The SMILES string of the molecule is CCNC(c1cc(C)c(Cl)s1)c1ccc(F)cc1Br. The molecule has 5 heteroatoms. The van der Waals surface area contributed by atoms with Gasteiger partial charge in [0.1, 0.15) is 5.82 Å². The van der Waals surface area contributed by atoms with E-state index in [-0.39, 0.29) is 11.9 Å². The monoisotopic (exact) mass is 361 g/mol. The molecule has 0 aliphatic rings. The lowest BCUT2D eigenvalue weighted by Crippen LogP contribution is -2.21. The predicted octanol–water partition coefficient (Wildman–Crippen LogP) is 5.31. The number of rotatable bonds is 4. The molecule has 19 heavy (non-hydrogen) atoms. The van der Waals surface area contributed by atoms with Crippen molar-refractivity contribution in [2.24, 2.45) is 0 Å². The number of thiophene rings is 1. The summed E-state index contributed by atoms with van der Waals surface area (Å²) >= 11 is 11.1. The van der Waals surface area contributed by atoms with Crippen LogP contribution in [0, 0.1) is 12.7 Å². The van der Waals surface area contributed by atoms with Gasteiger partial charge in [-0.25, -0.2) is 4.39 Å². The molecule has 1 aromatic carbocycles. The summed E-state index contributed by atoms with van der Waals surface area (Å²) in [5, 5.41) is 3.42. The van der Waals surface area contributed by atoms with E-state index in [0.29, 0.717) is 0 Å². The van der Waals surface area contributed by atoms with Gasteiger partial charge in [0.15, 0.2) is 0 Å². The van der Waals surface area contributed by atoms with Crippen LogP contribution in [0.3, 0.4) is 0 Å². The summed E-state index contributed by atoms with van der Waals surface area (Å²) in [5.74, 6) is -0.244. The van der Waals surface area contributed by atoms with E-state index >= 15 is 0 Å². The highest BCUT2D eigenvalue weighted by Gasteiger charge is 2.19. The van der Waals surface area contributed by atoms with Gasteiger partial charge in [0.05, 0.1) is 10.4 Å².